The maximum atomic E-state index is 13.2. The van der Waals surface area contributed by atoms with Crippen molar-refractivity contribution >= 4 is 17.7 Å². The summed E-state index contributed by atoms with van der Waals surface area (Å²) in [6, 6.07) is 0.885. The molecule has 3 rings (SSSR count). The summed E-state index contributed by atoms with van der Waals surface area (Å²) in [7, 11) is 0. The van der Waals surface area contributed by atoms with Gasteiger partial charge in [-0.15, -0.1) is 0 Å². The van der Waals surface area contributed by atoms with E-state index in [1.165, 1.54) is 4.90 Å². The average Bonchev–Trinajstić information content (AvgIpc) is 2.88. The van der Waals surface area contributed by atoms with E-state index >= 15 is 0 Å². The molecule has 2 N–H and O–H groups in total. The minimum atomic E-state index is -0.845. The van der Waals surface area contributed by atoms with Gasteiger partial charge in [-0.05, 0) is 25.5 Å². The number of hydrogen-bond donors (Lipinski definition) is 2. The van der Waals surface area contributed by atoms with E-state index in [-0.39, 0.29) is 30.3 Å². The van der Waals surface area contributed by atoms with Crippen molar-refractivity contribution in [2.24, 2.45) is 0 Å². The lowest BCUT2D eigenvalue weighted by atomic mass is 10.1. The van der Waals surface area contributed by atoms with Crippen LogP contribution in [-0.4, -0.2) is 47.3 Å². The minimum absolute atomic E-state index is 0.142. The molecule has 8 heteroatoms. The molecular weight excluding hydrogens is 308 g/mol. The van der Waals surface area contributed by atoms with E-state index in [9.17, 15) is 23.2 Å². The summed E-state index contributed by atoms with van der Waals surface area (Å²) in [6.45, 7) is 1.79. The van der Waals surface area contributed by atoms with Gasteiger partial charge in [0.2, 0.25) is 11.8 Å². The van der Waals surface area contributed by atoms with Crippen molar-refractivity contribution in [1.29, 1.82) is 0 Å². The van der Waals surface area contributed by atoms with Gasteiger partial charge in [0, 0.05) is 24.2 Å². The topological polar surface area (TPSA) is 78.5 Å². The number of carbonyl (C=O) groups excluding carboxylic acids is 3. The monoisotopic (exact) mass is 323 g/mol. The van der Waals surface area contributed by atoms with Crippen molar-refractivity contribution in [1.82, 2.24) is 15.5 Å². The molecule has 3 amide bonds. The van der Waals surface area contributed by atoms with Gasteiger partial charge in [0.05, 0.1) is 0 Å². The van der Waals surface area contributed by atoms with E-state index < -0.39 is 35.7 Å². The predicted molar refractivity (Wildman–Crippen MR) is 75.3 cm³/mol. The molecule has 6 nitrogen and oxygen atoms in total. The van der Waals surface area contributed by atoms with Crippen molar-refractivity contribution in [2.45, 2.75) is 31.5 Å². The molecule has 2 aliphatic heterocycles. The number of rotatable bonds is 2. The zero-order valence-electron chi connectivity index (χ0n) is 12.3. The number of benzene rings is 1. The largest absolute Gasteiger partial charge is 0.347 e. The van der Waals surface area contributed by atoms with Crippen LogP contribution >= 0.6 is 0 Å². The normalized spacial score (nSPS) is 26.7. The first-order valence-corrected chi connectivity index (χ1v) is 7.23. The van der Waals surface area contributed by atoms with Crippen LogP contribution in [0.2, 0.25) is 0 Å². The molecule has 0 spiro atoms. The van der Waals surface area contributed by atoms with Crippen molar-refractivity contribution in [3.8, 4) is 0 Å². The fourth-order valence-corrected chi connectivity index (χ4v) is 3.01. The van der Waals surface area contributed by atoms with Gasteiger partial charge in [-0.1, -0.05) is 0 Å². The Labute approximate surface area is 130 Å². The van der Waals surface area contributed by atoms with Gasteiger partial charge < -0.3 is 15.5 Å². The van der Waals surface area contributed by atoms with Gasteiger partial charge in [-0.3, -0.25) is 14.4 Å². The van der Waals surface area contributed by atoms with Gasteiger partial charge in [0.25, 0.3) is 5.91 Å². The molecule has 23 heavy (non-hydrogen) atoms. The van der Waals surface area contributed by atoms with Crippen LogP contribution in [0.1, 0.15) is 23.7 Å². The number of piperazine rings is 1. The van der Waals surface area contributed by atoms with Crippen LogP contribution in [-0.2, 0) is 9.59 Å². The first-order chi connectivity index (χ1) is 10.8. The second-order valence-electron chi connectivity index (χ2n) is 5.80. The molecule has 0 radical (unpaired) electrons. The number of nitrogens with zero attached hydrogens (tertiary/aromatic N) is 1. The maximum absolute atomic E-state index is 13.2. The van der Waals surface area contributed by atoms with Crippen LogP contribution < -0.4 is 10.6 Å². The number of hydrogen-bond acceptors (Lipinski definition) is 3. The Hall–Kier alpha value is -2.51. The Morgan fingerprint density at radius 1 is 1.26 bits per heavy atom. The Balaban J connectivity index is 1.71. The lowest BCUT2D eigenvalue weighted by molar-refractivity contribution is -0.146. The van der Waals surface area contributed by atoms with Gasteiger partial charge in [0.15, 0.2) is 0 Å². The summed E-state index contributed by atoms with van der Waals surface area (Å²) in [6.07, 6.45) is 0.272. The van der Waals surface area contributed by atoms with E-state index in [4.69, 9.17) is 0 Å². The average molecular weight is 323 g/mol. The number of amides is 3. The highest BCUT2D eigenvalue weighted by Gasteiger charge is 2.45. The molecule has 122 valence electrons. The molecule has 2 fully saturated rings. The first-order valence-electron chi connectivity index (χ1n) is 7.23. The molecule has 2 aliphatic rings. The van der Waals surface area contributed by atoms with Crippen molar-refractivity contribution in [3.63, 3.8) is 0 Å². The lowest BCUT2D eigenvalue weighted by Crippen LogP contribution is -2.60. The van der Waals surface area contributed by atoms with Crippen LogP contribution in [0.5, 0.6) is 0 Å². The highest BCUT2D eigenvalue weighted by Crippen LogP contribution is 2.23. The molecule has 0 saturated carbocycles. The molecule has 1 aromatic carbocycles. The number of carbonyl (C=O) groups is 3. The third kappa shape index (κ3) is 2.88. The molecule has 0 aromatic heterocycles. The fraction of sp³-hybridized carbons (Fsp3) is 0.400. The highest BCUT2D eigenvalue weighted by molar-refractivity contribution is 5.98. The van der Waals surface area contributed by atoms with Gasteiger partial charge in [-0.2, -0.15) is 0 Å². The third-order valence-electron chi connectivity index (χ3n) is 4.08. The zero-order valence-corrected chi connectivity index (χ0v) is 12.3. The summed E-state index contributed by atoms with van der Waals surface area (Å²) in [4.78, 5) is 37.5. The minimum Gasteiger partial charge on any atom is -0.347 e. The van der Waals surface area contributed by atoms with Crippen LogP contribution in [0, 0.1) is 11.6 Å². The van der Waals surface area contributed by atoms with E-state index in [1.807, 2.05) is 0 Å². The maximum Gasteiger partial charge on any atom is 0.251 e. The first kappa shape index (κ1) is 15.4. The molecule has 0 aliphatic carbocycles. The van der Waals surface area contributed by atoms with Gasteiger partial charge in [-0.25, -0.2) is 8.78 Å². The molecule has 2 heterocycles. The highest BCUT2D eigenvalue weighted by atomic mass is 19.1. The molecule has 0 unspecified atom stereocenters. The van der Waals surface area contributed by atoms with Crippen molar-refractivity contribution in [3.05, 3.63) is 35.4 Å². The summed E-state index contributed by atoms with van der Waals surface area (Å²) < 4.78 is 26.3. The van der Waals surface area contributed by atoms with E-state index in [1.54, 1.807) is 6.92 Å². The standard InChI is InChI=1S/C15H15F2N3O3/c1-7-15(23)20-6-11(5-12(20)14(22)18-7)19-13(21)8-2-9(16)4-10(17)3-8/h2-4,7,11-12H,5-6H2,1H3,(H,18,22)(H,19,21)/t7-,11-,12-/m0/s1. The SMILES string of the molecule is C[C@@H]1NC(=O)[C@@H]2C[C@H](NC(=O)c3cc(F)cc(F)c3)CN2C1=O. The molecule has 2 saturated heterocycles. The second kappa shape index (κ2) is 5.60. The smallest absolute Gasteiger partial charge is 0.251 e. The van der Waals surface area contributed by atoms with Crippen LogP contribution in [0.4, 0.5) is 8.78 Å². The number of halogens is 2. The van der Waals surface area contributed by atoms with E-state index in [0.29, 0.717) is 6.07 Å². The van der Waals surface area contributed by atoms with E-state index in [2.05, 4.69) is 10.6 Å². The molecule has 3 atom stereocenters. The molecule has 1 aromatic rings. The Bertz CT molecular complexity index is 674. The zero-order chi connectivity index (χ0) is 16.7. The summed E-state index contributed by atoms with van der Waals surface area (Å²) >= 11 is 0. The number of nitrogens with one attached hydrogen (secondary N) is 2. The Morgan fingerprint density at radius 2 is 1.91 bits per heavy atom. The lowest BCUT2D eigenvalue weighted by Gasteiger charge is -2.32. The van der Waals surface area contributed by atoms with E-state index in [0.717, 1.165) is 12.1 Å². The summed E-state index contributed by atoms with van der Waals surface area (Å²) in [5.41, 5.74) is -0.142. The van der Waals surface area contributed by atoms with Crippen LogP contribution in [0.25, 0.3) is 0 Å². The summed E-state index contributed by atoms with van der Waals surface area (Å²) in [5, 5.41) is 5.19. The quantitative estimate of drug-likeness (QED) is 0.815. The Morgan fingerprint density at radius 3 is 2.57 bits per heavy atom. The van der Waals surface area contributed by atoms with Crippen molar-refractivity contribution in [2.75, 3.05) is 6.54 Å². The van der Waals surface area contributed by atoms with Crippen LogP contribution in [0.3, 0.4) is 0 Å². The molecular formula is C15H15F2N3O3. The van der Waals surface area contributed by atoms with Gasteiger partial charge >= 0.3 is 0 Å². The number of fused-ring (bicyclic) bond motifs is 1. The fourth-order valence-electron chi connectivity index (χ4n) is 3.01. The van der Waals surface area contributed by atoms with Gasteiger partial charge in [0.1, 0.15) is 23.7 Å². The van der Waals surface area contributed by atoms with Crippen molar-refractivity contribution < 1.29 is 23.2 Å². The predicted octanol–water partition coefficient (Wildman–Crippen LogP) is 0.182. The third-order valence-corrected chi connectivity index (χ3v) is 4.08. The second-order valence-corrected chi connectivity index (χ2v) is 5.80. The van der Waals surface area contributed by atoms with Crippen LogP contribution in [0.15, 0.2) is 18.2 Å². The molecule has 0 bridgehead atoms. The summed E-state index contributed by atoms with van der Waals surface area (Å²) in [5.74, 6) is -2.80. The Kier molecular flexibility index (Phi) is 3.75.